The highest BCUT2D eigenvalue weighted by Gasteiger charge is 2.17. The van der Waals surface area contributed by atoms with Crippen molar-refractivity contribution in [2.24, 2.45) is 0 Å². The van der Waals surface area contributed by atoms with Gasteiger partial charge < -0.3 is 4.74 Å². The summed E-state index contributed by atoms with van der Waals surface area (Å²) >= 11 is 0. The van der Waals surface area contributed by atoms with Gasteiger partial charge in [0.25, 0.3) is 0 Å². The number of ether oxygens (including phenoxy) is 1. The van der Waals surface area contributed by atoms with E-state index in [2.05, 4.69) is 65.4 Å². The summed E-state index contributed by atoms with van der Waals surface area (Å²) in [5.74, 6) is 0. The van der Waals surface area contributed by atoms with Crippen molar-refractivity contribution in [3.8, 4) is 0 Å². The third-order valence-corrected chi connectivity index (χ3v) is 3.43. The predicted molar refractivity (Wildman–Crippen MR) is 75.6 cm³/mol. The Morgan fingerprint density at radius 2 is 1.00 bits per heavy atom. The van der Waals surface area contributed by atoms with Crippen LogP contribution in [0.15, 0.2) is 0 Å². The Kier molecular flexibility index (Phi) is 6.67. The van der Waals surface area contributed by atoms with Gasteiger partial charge in [-0.05, 0) is 55.6 Å². The number of hydrogen-bond donors (Lipinski definition) is 0. The molecule has 0 N–H and O–H groups in total. The summed E-state index contributed by atoms with van der Waals surface area (Å²) < 4.78 is 5.68. The van der Waals surface area contributed by atoms with E-state index in [9.17, 15) is 0 Å². The van der Waals surface area contributed by atoms with E-state index in [1.165, 1.54) is 0 Å². The lowest BCUT2D eigenvalue weighted by Gasteiger charge is -2.33. The van der Waals surface area contributed by atoms with Gasteiger partial charge in [0, 0.05) is 24.2 Å². The molecule has 0 spiro atoms. The zero-order chi connectivity index (χ0) is 13.7. The van der Waals surface area contributed by atoms with E-state index < -0.39 is 0 Å². The molecule has 0 aromatic heterocycles. The third kappa shape index (κ3) is 7.74. The van der Waals surface area contributed by atoms with Crippen LogP contribution in [0.3, 0.4) is 0 Å². The van der Waals surface area contributed by atoms with Gasteiger partial charge in [0.15, 0.2) is 0 Å². The molecule has 0 aromatic carbocycles. The molecule has 0 aromatic rings. The van der Waals surface area contributed by atoms with Crippen LogP contribution in [0.4, 0.5) is 0 Å². The predicted octanol–water partition coefficient (Wildman–Crippen LogP) is 2.46. The lowest BCUT2D eigenvalue weighted by Crippen LogP contribution is -2.41. The van der Waals surface area contributed by atoms with Gasteiger partial charge in [-0.25, -0.2) is 0 Å². The highest BCUT2D eigenvalue weighted by Crippen LogP contribution is 2.10. The van der Waals surface area contributed by atoms with Crippen molar-refractivity contribution in [1.82, 2.24) is 9.80 Å². The van der Waals surface area contributed by atoms with Gasteiger partial charge in [-0.15, -0.1) is 0 Å². The molecule has 0 saturated heterocycles. The average Bonchev–Trinajstić information content (AvgIpc) is 2.13. The van der Waals surface area contributed by atoms with Gasteiger partial charge in [0.05, 0.1) is 13.2 Å². The quantitative estimate of drug-likeness (QED) is 0.668. The van der Waals surface area contributed by atoms with Crippen molar-refractivity contribution in [3.63, 3.8) is 0 Å². The molecular weight excluding hydrogens is 212 g/mol. The Morgan fingerprint density at radius 1 is 0.706 bits per heavy atom. The van der Waals surface area contributed by atoms with Crippen molar-refractivity contribution < 1.29 is 4.74 Å². The van der Waals surface area contributed by atoms with Gasteiger partial charge in [0.1, 0.15) is 0 Å². The maximum atomic E-state index is 5.68. The standard InChI is InChI=1S/C14H32N2O/c1-13(2,3)15(7)9-11-17-12-10-16(8)14(4,5)6/h9-12H2,1-8H3. The topological polar surface area (TPSA) is 15.7 Å². The molecule has 17 heavy (non-hydrogen) atoms. The zero-order valence-corrected chi connectivity index (χ0v) is 13.1. The fourth-order valence-electron chi connectivity index (χ4n) is 1.18. The van der Waals surface area contributed by atoms with E-state index in [1.807, 2.05) is 0 Å². The molecule has 0 heterocycles. The molecular formula is C14H32N2O. The van der Waals surface area contributed by atoms with E-state index in [0.29, 0.717) is 0 Å². The summed E-state index contributed by atoms with van der Waals surface area (Å²) in [6, 6.07) is 0. The average molecular weight is 244 g/mol. The van der Waals surface area contributed by atoms with Crippen molar-refractivity contribution in [3.05, 3.63) is 0 Å². The van der Waals surface area contributed by atoms with Crippen LogP contribution in [0, 0.1) is 0 Å². The second-order valence-corrected chi connectivity index (χ2v) is 6.80. The first-order valence-corrected chi connectivity index (χ1v) is 6.55. The molecule has 3 nitrogen and oxygen atoms in total. The lowest BCUT2D eigenvalue weighted by atomic mass is 10.1. The van der Waals surface area contributed by atoms with Crippen LogP contribution >= 0.6 is 0 Å². The fourth-order valence-corrected chi connectivity index (χ4v) is 1.18. The van der Waals surface area contributed by atoms with Gasteiger partial charge in [-0.2, -0.15) is 0 Å². The molecule has 0 atom stereocenters. The molecule has 0 rings (SSSR count). The zero-order valence-electron chi connectivity index (χ0n) is 13.1. The number of hydrogen-bond acceptors (Lipinski definition) is 3. The smallest absolute Gasteiger partial charge is 0.0594 e. The second-order valence-electron chi connectivity index (χ2n) is 6.80. The monoisotopic (exact) mass is 244 g/mol. The van der Waals surface area contributed by atoms with Crippen LogP contribution in [0.25, 0.3) is 0 Å². The summed E-state index contributed by atoms with van der Waals surface area (Å²) in [5.41, 5.74) is 0.455. The second kappa shape index (κ2) is 6.72. The highest BCUT2D eigenvalue weighted by molar-refractivity contribution is 4.73. The molecule has 0 unspecified atom stereocenters. The summed E-state index contributed by atoms with van der Waals surface area (Å²) in [7, 11) is 4.29. The third-order valence-electron chi connectivity index (χ3n) is 3.43. The first kappa shape index (κ1) is 16.9. The minimum Gasteiger partial charge on any atom is -0.379 e. The minimum absolute atomic E-state index is 0.228. The fraction of sp³-hybridized carbons (Fsp3) is 1.00. The van der Waals surface area contributed by atoms with Crippen LogP contribution in [-0.2, 0) is 4.74 Å². The highest BCUT2D eigenvalue weighted by atomic mass is 16.5. The Balaban J connectivity index is 3.61. The Morgan fingerprint density at radius 3 is 1.24 bits per heavy atom. The van der Waals surface area contributed by atoms with Gasteiger partial charge in [0.2, 0.25) is 0 Å². The molecule has 0 radical (unpaired) electrons. The Bertz CT molecular complexity index is 181. The van der Waals surface area contributed by atoms with E-state index in [-0.39, 0.29) is 11.1 Å². The van der Waals surface area contributed by atoms with Crippen LogP contribution in [0.2, 0.25) is 0 Å². The van der Waals surface area contributed by atoms with Gasteiger partial charge >= 0.3 is 0 Å². The van der Waals surface area contributed by atoms with E-state index in [0.717, 1.165) is 26.3 Å². The molecule has 0 aliphatic rings. The molecule has 3 heteroatoms. The lowest BCUT2D eigenvalue weighted by molar-refractivity contribution is 0.0553. The Labute approximate surface area is 108 Å². The van der Waals surface area contributed by atoms with Crippen LogP contribution in [-0.4, -0.2) is 61.3 Å². The van der Waals surface area contributed by atoms with Gasteiger partial charge in [-0.3, -0.25) is 9.80 Å². The normalized spacial score (nSPS) is 13.8. The minimum atomic E-state index is 0.228. The number of nitrogens with zero attached hydrogens (tertiary/aromatic N) is 2. The summed E-state index contributed by atoms with van der Waals surface area (Å²) in [5, 5.41) is 0. The van der Waals surface area contributed by atoms with Crippen LogP contribution in [0.5, 0.6) is 0 Å². The SMILES string of the molecule is CN(CCOCCN(C)C(C)(C)C)C(C)(C)C. The van der Waals surface area contributed by atoms with E-state index >= 15 is 0 Å². The first-order valence-electron chi connectivity index (χ1n) is 6.55. The maximum Gasteiger partial charge on any atom is 0.0594 e. The molecule has 0 saturated carbocycles. The largest absolute Gasteiger partial charge is 0.379 e. The molecule has 104 valence electrons. The van der Waals surface area contributed by atoms with Crippen LogP contribution < -0.4 is 0 Å². The van der Waals surface area contributed by atoms with Crippen LogP contribution in [0.1, 0.15) is 41.5 Å². The summed E-state index contributed by atoms with van der Waals surface area (Å²) in [6.45, 7) is 16.9. The van der Waals surface area contributed by atoms with E-state index in [4.69, 9.17) is 4.74 Å². The Hall–Kier alpha value is -0.120. The summed E-state index contributed by atoms with van der Waals surface area (Å²) in [4.78, 5) is 4.64. The maximum absolute atomic E-state index is 5.68. The molecule has 0 bridgehead atoms. The molecule has 0 aliphatic heterocycles. The van der Waals surface area contributed by atoms with Crippen molar-refractivity contribution in [2.75, 3.05) is 40.4 Å². The first-order chi connectivity index (χ1) is 7.55. The molecule has 0 fully saturated rings. The summed E-state index contributed by atoms with van der Waals surface area (Å²) in [6.07, 6.45) is 0. The number of rotatable bonds is 6. The van der Waals surface area contributed by atoms with Gasteiger partial charge in [-0.1, -0.05) is 0 Å². The van der Waals surface area contributed by atoms with Crippen molar-refractivity contribution in [2.45, 2.75) is 52.6 Å². The van der Waals surface area contributed by atoms with Crippen molar-refractivity contribution in [1.29, 1.82) is 0 Å². The molecule has 0 aliphatic carbocycles. The van der Waals surface area contributed by atoms with Crippen molar-refractivity contribution >= 4 is 0 Å². The number of likely N-dealkylation sites (N-methyl/N-ethyl adjacent to an activating group) is 2. The van der Waals surface area contributed by atoms with E-state index in [1.54, 1.807) is 0 Å². The molecule has 0 amide bonds.